The molecule has 3 heterocycles. The summed E-state index contributed by atoms with van der Waals surface area (Å²) in [6.45, 7) is 1.09. The lowest BCUT2D eigenvalue weighted by molar-refractivity contribution is -0.142. The van der Waals surface area contributed by atoms with Gasteiger partial charge in [-0.3, -0.25) is 9.59 Å². The quantitative estimate of drug-likeness (QED) is 0.733. The van der Waals surface area contributed by atoms with Gasteiger partial charge in [-0.15, -0.1) is 0 Å². The summed E-state index contributed by atoms with van der Waals surface area (Å²) in [4.78, 5) is 37.5. The lowest BCUT2D eigenvalue weighted by Crippen LogP contribution is -2.52. The molecule has 0 saturated heterocycles. The Morgan fingerprint density at radius 1 is 1.00 bits per heavy atom. The molecule has 1 aromatic carbocycles. The number of ether oxygens (including phenoxy) is 2. The van der Waals surface area contributed by atoms with Crippen LogP contribution >= 0.6 is 0 Å². The fourth-order valence-corrected chi connectivity index (χ4v) is 7.62. The van der Waals surface area contributed by atoms with Crippen molar-refractivity contribution >= 4 is 17.6 Å². The standard InChI is InChI=1S/C27H30N4O4/c32-25(23-14-34-21-3-1-2-4-22(21)35-23)31-6-5-19-20(13-31)28-15-29-24(19)30-26(33)27-10-16-7-17(11-27)9-18(8-16)12-27/h1-4,15-18,23H,5-14H2,(H,28,29,30,33). The Morgan fingerprint density at radius 3 is 2.46 bits per heavy atom. The van der Waals surface area contributed by atoms with Crippen LogP contribution in [0.25, 0.3) is 0 Å². The van der Waals surface area contributed by atoms with Gasteiger partial charge >= 0.3 is 0 Å². The minimum Gasteiger partial charge on any atom is -0.485 e. The van der Waals surface area contributed by atoms with E-state index >= 15 is 0 Å². The van der Waals surface area contributed by atoms with Crippen LogP contribution in [-0.4, -0.2) is 45.9 Å². The van der Waals surface area contributed by atoms with E-state index in [-0.39, 0.29) is 23.8 Å². The van der Waals surface area contributed by atoms with E-state index in [4.69, 9.17) is 9.47 Å². The first-order chi connectivity index (χ1) is 17.1. The first kappa shape index (κ1) is 21.1. The van der Waals surface area contributed by atoms with Gasteiger partial charge in [-0.2, -0.15) is 0 Å². The summed E-state index contributed by atoms with van der Waals surface area (Å²) in [6, 6.07) is 7.39. The monoisotopic (exact) mass is 474 g/mol. The van der Waals surface area contributed by atoms with E-state index in [1.807, 2.05) is 24.3 Å². The van der Waals surface area contributed by atoms with Crippen LogP contribution in [0, 0.1) is 23.2 Å². The molecule has 1 atom stereocenters. The molecular weight excluding hydrogens is 444 g/mol. The molecule has 4 bridgehead atoms. The first-order valence-electron chi connectivity index (χ1n) is 12.9. The first-order valence-corrected chi connectivity index (χ1v) is 12.9. The Morgan fingerprint density at radius 2 is 1.71 bits per heavy atom. The molecule has 1 unspecified atom stereocenters. The van der Waals surface area contributed by atoms with Gasteiger partial charge in [0.25, 0.3) is 5.91 Å². The van der Waals surface area contributed by atoms with Gasteiger partial charge in [-0.05, 0) is 74.8 Å². The molecule has 0 radical (unpaired) electrons. The largest absolute Gasteiger partial charge is 0.485 e. The molecule has 4 saturated carbocycles. The predicted octanol–water partition coefficient (Wildman–Crippen LogP) is 3.36. The van der Waals surface area contributed by atoms with Crippen molar-refractivity contribution in [2.45, 2.75) is 57.6 Å². The second-order valence-electron chi connectivity index (χ2n) is 11.2. The van der Waals surface area contributed by atoms with Crippen LogP contribution in [0.5, 0.6) is 11.5 Å². The van der Waals surface area contributed by atoms with E-state index in [1.54, 1.807) is 4.90 Å². The van der Waals surface area contributed by atoms with Gasteiger partial charge in [0.05, 0.1) is 17.7 Å². The SMILES string of the molecule is O=C(C1COc2ccccc2O1)N1CCc2c(ncnc2NC(=O)C23CC4CC(CC(C4)C2)C3)C1. The molecule has 1 N–H and O–H groups in total. The van der Waals surface area contributed by atoms with Gasteiger partial charge in [-0.1, -0.05) is 12.1 Å². The molecule has 8 heteroatoms. The van der Waals surface area contributed by atoms with Crippen LogP contribution in [0.4, 0.5) is 5.82 Å². The molecule has 8 nitrogen and oxygen atoms in total. The van der Waals surface area contributed by atoms with Gasteiger partial charge in [0.2, 0.25) is 12.0 Å². The third-order valence-corrected chi connectivity index (χ3v) is 8.85. The Hall–Kier alpha value is -3.16. The molecule has 2 amide bonds. The second kappa shape index (κ2) is 7.93. The molecule has 2 aromatic rings. The molecular formula is C27H30N4O4. The number of aromatic nitrogens is 2. The lowest BCUT2D eigenvalue weighted by atomic mass is 9.49. The molecule has 4 aliphatic carbocycles. The molecule has 2 aliphatic heterocycles. The van der Waals surface area contributed by atoms with Crippen LogP contribution in [0.2, 0.25) is 0 Å². The third-order valence-electron chi connectivity index (χ3n) is 8.85. The highest BCUT2D eigenvalue weighted by Crippen LogP contribution is 2.60. The zero-order valence-electron chi connectivity index (χ0n) is 19.7. The van der Waals surface area contributed by atoms with Crippen LogP contribution in [0.3, 0.4) is 0 Å². The van der Waals surface area contributed by atoms with Crippen LogP contribution in [-0.2, 0) is 22.6 Å². The number of para-hydroxylation sites is 2. The van der Waals surface area contributed by atoms with Gasteiger partial charge in [0, 0.05) is 12.1 Å². The zero-order valence-corrected chi connectivity index (χ0v) is 19.7. The van der Waals surface area contributed by atoms with Crippen LogP contribution < -0.4 is 14.8 Å². The van der Waals surface area contributed by atoms with E-state index in [0.29, 0.717) is 54.6 Å². The van der Waals surface area contributed by atoms with E-state index in [0.717, 1.165) is 30.5 Å². The summed E-state index contributed by atoms with van der Waals surface area (Å²) in [5.74, 6) is 4.04. The van der Waals surface area contributed by atoms with E-state index < -0.39 is 6.10 Å². The van der Waals surface area contributed by atoms with E-state index in [9.17, 15) is 9.59 Å². The summed E-state index contributed by atoms with van der Waals surface area (Å²) in [7, 11) is 0. The average Bonchev–Trinajstić information content (AvgIpc) is 2.87. The number of fused-ring (bicyclic) bond motifs is 2. The summed E-state index contributed by atoms with van der Waals surface area (Å²) < 4.78 is 11.7. The summed E-state index contributed by atoms with van der Waals surface area (Å²) >= 11 is 0. The Balaban J connectivity index is 1.06. The Bertz CT molecular complexity index is 1160. The third kappa shape index (κ3) is 3.56. The van der Waals surface area contributed by atoms with Gasteiger partial charge in [0.1, 0.15) is 18.8 Å². The van der Waals surface area contributed by atoms with Gasteiger partial charge < -0.3 is 19.7 Å². The van der Waals surface area contributed by atoms with Crippen molar-refractivity contribution < 1.29 is 19.1 Å². The number of hydrogen-bond donors (Lipinski definition) is 1. The molecule has 6 aliphatic rings. The number of amides is 2. The Labute approximate surface area is 204 Å². The second-order valence-corrected chi connectivity index (χ2v) is 11.2. The van der Waals surface area contributed by atoms with Gasteiger partial charge in [-0.25, -0.2) is 9.97 Å². The van der Waals surface area contributed by atoms with E-state index in [2.05, 4.69) is 15.3 Å². The van der Waals surface area contributed by atoms with Crippen molar-refractivity contribution in [1.29, 1.82) is 0 Å². The number of carbonyl (C=O) groups is 2. The molecule has 35 heavy (non-hydrogen) atoms. The normalized spacial score (nSPS) is 32.2. The lowest BCUT2D eigenvalue weighted by Gasteiger charge is -2.55. The predicted molar refractivity (Wildman–Crippen MR) is 127 cm³/mol. The Kier molecular flexibility index (Phi) is 4.79. The number of benzene rings is 1. The molecule has 4 fully saturated rings. The maximum atomic E-state index is 13.6. The van der Waals surface area contributed by atoms with Crippen molar-refractivity contribution in [2.75, 3.05) is 18.5 Å². The fourth-order valence-electron chi connectivity index (χ4n) is 7.62. The van der Waals surface area contributed by atoms with E-state index in [1.165, 1.54) is 25.6 Å². The highest BCUT2D eigenvalue weighted by molar-refractivity contribution is 5.95. The summed E-state index contributed by atoms with van der Waals surface area (Å²) in [5.41, 5.74) is 1.51. The van der Waals surface area contributed by atoms with Crippen molar-refractivity contribution in [3.63, 3.8) is 0 Å². The van der Waals surface area contributed by atoms with Crippen molar-refractivity contribution in [3.05, 3.63) is 41.9 Å². The summed E-state index contributed by atoms with van der Waals surface area (Å²) in [5, 5.41) is 3.21. The van der Waals surface area contributed by atoms with Crippen LogP contribution in [0.1, 0.15) is 49.8 Å². The number of rotatable bonds is 3. The minimum atomic E-state index is -0.677. The zero-order chi connectivity index (χ0) is 23.6. The maximum absolute atomic E-state index is 13.6. The number of nitrogens with one attached hydrogen (secondary N) is 1. The van der Waals surface area contributed by atoms with Crippen LogP contribution in [0.15, 0.2) is 30.6 Å². The van der Waals surface area contributed by atoms with Gasteiger partial charge in [0.15, 0.2) is 11.5 Å². The smallest absolute Gasteiger partial charge is 0.267 e. The molecule has 8 rings (SSSR count). The number of carbonyl (C=O) groups excluding carboxylic acids is 2. The van der Waals surface area contributed by atoms with Crippen molar-refractivity contribution in [2.24, 2.45) is 23.2 Å². The summed E-state index contributed by atoms with van der Waals surface area (Å²) in [6.07, 6.45) is 8.40. The highest BCUT2D eigenvalue weighted by Gasteiger charge is 2.54. The van der Waals surface area contributed by atoms with Crippen molar-refractivity contribution in [1.82, 2.24) is 14.9 Å². The number of hydrogen-bond acceptors (Lipinski definition) is 6. The number of anilines is 1. The molecule has 182 valence electrons. The fraction of sp³-hybridized carbons (Fsp3) is 0.556. The molecule has 1 aromatic heterocycles. The molecule has 0 spiro atoms. The highest BCUT2D eigenvalue weighted by atomic mass is 16.6. The maximum Gasteiger partial charge on any atom is 0.267 e. The topological polar surface area (TPSA) is 93.7 Å². The number of nitrogens with zero attached hydrogens (tertiary/aromatic N) is 3. The average molecular weight is 475 g/mol. The van der Waals surface area contributed by atoms with Crippen molar-refractivity contribution in [3.8, 4) is 11.5 Å². The minimum absolute atomic E-state index is 0.108.